The van der Waals surface area contributed by atoms with Gasteiger partial charge >= 0.3 is 0 Å². The van der Waals surface area contributed by atoms with E-state index < -0.39 is 0 Å². The summed E-state index contributed by atoms with van der Waals surface area (Å²) in [5.74, 6) is 3.40. The summed E-state index contributed by atoms with van der Waals surface area (Å²) >= 11 is 3.78. The van der Waals surface area contributed by atoms with Crippen molar-refractivity contribution in [2.24, 2.45) is 5.92 Å². The van der Waals surface area contributed by atoms with Gasteiger partial charge in [-0.2, -0.15) is 11.8 Å². The van der Waals surface area contributed by atoms with Gasteiger partial charge in [0, 0.05) is 11.4 Å². The largest absolute Gasteiger partial charge is 0.322 e. The van der Waals surface area contributed by atoms with Crippen molar-refractivity contribution in [3.05, 3.63) is 29.8 Å². The molecule has 114 valence electrons. The quantitative estimate of drug-likeness (QED) is 0.864. The van der Waals surface area contributed by atoms with Crippen LogP contribution in [0.25, 0.3) is 0 Å². The SMILES string of the molecule is CSc1ccc(C2NCC(=O)N2CC2CCSCC2)cc1. The maximum atomic E-state index is 12.2. The molecule has 0 spiro atoms. The highest BCUT2D eigenvalue weighted by molar-refractivity contribution is 7.99. The Hall–Kier alpha value is -0.650. The summed E-state index contributed by atoms with van der Waals surface area (Å²) < 4.78 is 0. The van der Waals surface area contributed by atoms with Gasteiger partial charge in [0.15, 0.2) is 0 Å². The molecule has 1 aromatic rings. The van der Waals surface area contributed by atoms with E-state index in [1.807, 2.05) is 11.8 Å². The number of carbonyl (C=O) groups is 1. The summed E-state index contributed by atoms with van der Waals surface area (Å²) in [5, 5.41) is 3.36. The normalized spacial score (nSPS) is 23.8. The van der Waals surface area contributed by atoms with Gasteiger partial charge in [-0.25, -0.2) is 0 Å². The Kier molecular flexibility index (Phi) is 5.14. The number of amides is 1. The molecule has 21 heavy (non-hydrogen) atoms. The van der Waals surface area contributed by atoms with E-state index >= 15 is 0 Å². The molecule has 2 aliphatic heterocycles. The molecule has 2 saturated heterocycles. The molecule has 0 saturated carbocycles. The van der Waals surface area contributed by atoms with Gasteiger partial charge in [0.25, 0.3) is 0 Å². The molecule has 5 heteroatoms. The van der Waals surface area contributed by atoms with Crippen molar-refractivity contribution >= 4 is 29.4 Å². The molecule has 0 radical (unpaired) electrons. The molecule has 3 rings (SSSR count). The highest BCUT2D eigenvalue weighted by Gasteiger charge is 2.33. The molecular formula is C16H22N2OS2. The van der Waals surface area contributed by atoms with Crippen molar-refractivity contribution in [1.29, 1.82) is 0 Å². The molecule has 1 unspecified atom stereocenters. The van der Waals surface area contributed by atoms with Crippen LogP contribution in [-0.4, -0.2) is 41.7 Å². The van der Waals surface area contributed by atoms with Crippen LogP contribution in [0.5, 0.6) is 0 Å². The fraction of sp³-hybridized carbons (Fsp3) is 0.562. The van der Waals surface area contributed by atoms with Crippen LogP contribution in [0, 0.1) is 5.92 Å². The van der Waals surface area contributed by atoms with Crippen LogP contribution in [-0.2, 0) is 4.79 Å². The van der Waals surface area contributed by atoms with E-state index in [1.54, 1.807) is 11.8 Å². The summed E-state index contributed by atoms with van der Waals surface area (Å²) in [6.07, 6.45) is 4.63. The van der Waals surface area contributed by atoms with Crippen LogP contribution in [0.1, 0.15) is 24.6 Å². The predicted molar refractivity (Wildman–Crippen MR) is 90.7 cm³/mol. The van der Waals surface area contributed by atoms with Gasteiger partial charge in [-0.3, -0.25) is 10.1 Å². The fourth-order valence-corrected chi connectivity index (χ4v) is 4.65. The Morgan fingerprint density at radius 3 is 2.67 bits per heavy atom. The third-order valence-electron chi connectivity index (χ3n) is 4.31. The van der Waals surface area contributed by atoms with Gasteiger partial charge < -0.3 is 4.90 Å². The van der Waals surface area contributed by atoms with Crippen molar-refractivity contribution in [2.75, 3.05) is 30.9 Å². The van der Waals surface area contributed by atoms with Crippen molar-refractivity contribution in [3.8, 4) is 0 Å². The first-order chi connectivity index (χ1) is 10.3. The third-order valence-corrected chi connectivity index (χ3v) is 6.10. The molecule has 2 fully saturated rings. The molecule has 3 nitrogen and oxygen atoms in total. The average Bonchev–Trinajstić information content (AvgIpc) is 2.90. The van der Waals surface area contributed by atoms with Crippen LogP contribution < -0.4 is 5.32 Å². The zero-order valence-corrected chi connectivity index (χ0v) is 14.0. The van der Waals surface area contributed by atoms with Crippen LogP contribution in [0.2, 0.25) is 0 Å². The molecule has 0 aliphatic carbocycles. The van der Waals surface area contributed by atoms with Crippen molar-refractivity contribution in [3.63, 3.8) is 0 Å². The number of nitrogens with one attached hydrogen (secondary N) is 1. The number of hydrogen-bond donors (Lipinski definition) is 1. The fourth-order valence-electron chi connectivity index (χ4n) is 3.04. The maximum Gasteiger partial charge on any atom is 0.238 e. The summed E-state index contributed by atoms with van der Waals surface area (Å²) in [7, 11) is 0. The molecule has 2 aliphatic rings. The lowest BCUT2D eigenvalue weighted by molar-refractivity contribution is -0.128. The minimum atomic E-state index is 0.0583. The number of hydrogen-bond acceptors (Lipinski definition) is 4. The van der Waals surface area contributed by atoms with Gasteiger partial charge in [0.1, 0.15) is 6.17 Å². The van der Waals surface area contributed by atoms with E-state index in [0.717, 1.165) is 6.54 Å². The first kappa shape index (κ1) is 15.3. The Bertz CT molecular complexity index is 486. The topological polar surface area (TPSA) is 32.3 Å². The van der Waals surface area contributed by atoms with E-state index in [4.69, 9.17) is 0 Å². The number of nitrogens with zero attached hydrogens (tertiary/aromatic N) is 1. The monoisotopic (exact) mass is 322 g/mol. The van der Waals surface area contributed by atoms with Gasteiger partial charge in [0.2, 0.25) is 5.91 Å². The Balaban J connectivity index is 1.71. The zero-order chi connectivity index (χ0) is 14.7. The second-order valence-electron chi connectivity index (χ2n) is 5.66. The number of rotatable bonds is 4. The van der Waals surface area contributed by atoms with Crippen LogP contribution in [0.3, 0.4) is 0 Å². The van der Waals surface area contributed by atoms with Crippen molar-refractivity contribution < 1.29 is 4.79 Å². The lowest BCUT2D eigenvalue weighted by atomic mass is 10.0. The number of benzene rings is 1. The molecule has 1 aromatic carbocycles. The van der Waals surface area contributed by atoms with Crippen molar-refractivity contribution in [2.45, 2.75) is 23.9 Å². The van der Waals surface area contributed by atoms with E-state index in [9.17, 15) is 4.79 Å². The second-order valence-corrected chi connectivity index (χ2v) is 7.76. The smallest absolute Gasteiger partial charge is 0.238 e. The van der Waals surface area contributed by atoms with Crippen molar-refractivity contribution in [1.82, 2.24) is 10.2 Å². The van der Waals surface area contributed by atoms with Crippen LogP contribution in [0.4, 0.5) is 0 Å². The summed E-state index contributed by atoms with van der Waals surface area (Å²) in [5.41, 5.74) is 1.20. The van der Waals surface area contributed by atoms with Crippen LogP contribution >= 0.6 is 23.5 Å². The van der Waals surface area contributed by atoms with Gasteiger partial charge in [-0.05, 0) is 54.2 Å². The summed E-state index contributed by atoms with van der Waals surface area (Å²) in [6, 6.07) is 8.57. The molecule has 2 heterocycles. The number of carbonyl (C=O) groups excluding carboxylic acids is 1. The van der Waals surface area contributed by atoms with Gasteiger partial charge in [-0.1, -0.05) is 12.1 Å². The molecule has 1 amide bonds. The van der Waals surface area contributed by atoms with Gasteiger partial charge in [0.05, 0.1) is 6.54 Å². The Labute approximate surface area is 135 Å². The second kappa shape index (κ2) is 7.07. The number of thioether (sulfide) groups is 2. The summed E-state index contributed by atoms with van der Waals surface area (Å²) in [6.45, 7) is 1.37. The molecule has 1 N–H and O–H groups in total. The first-order valence-electron chi connectivity index (χ1n) is 7.52. The minimum absolute atomic E-state index is 0.0583. The lowest BCUT2D eigenvalue weighted by Crippen LogP contribution is -2.35. The Morgan fingerprint density at radius 2 is 2.00 bits per heavy atom. The van der Waals surface area contributed by atoms with Crippen LogP contribution in [0.15, 0.2) is 29.2 Å². The maximum absolute atomic E-state index is 12.2. The van der Waals surface area contributed by atoms with E-state index in [1.165, 1.54) is 34.8 Å². The van der Waals surface area contributed by atoms with Gasteiger partial charge in [-0.15, -0.1) is 11.8 Å². The standard InChI is InChI=1S/C16H22N2OS2/c1-20-14-4-2-13(3-5-14)16-17-10-15(19)18(16)11-12-6-8-21-9-7-12/h2-5,12,16-17H,6-11H2,1H3. The zero-order valence-electron chi connectivity index (χ0n) is 12.4. The van der Waals surface area contributed by atoms with E-state index in [-0.39, 0.29) is 12.1 Å². The first-order valence-corrected chi connectivity index (χ1v) is 9.90. The lowest BCUT2D eigenvalue weighted by Gasteiger charge is -2.30. The summed E-state index contributed by atoms with van der Waals surface area (Å²) in [4.78, 5) is 15.5. The van der Waals surface area contributed by atoms with E-state index in [2.05, 4.69) is 40.7 Å². The van der Waals surface area contributed by atoms with E-state index in [0.29, 0.717) is 12.5 Å². The highest BCUT2D eigenvalue weighted by Crippen LogP contribution is 2.29. The molecular weight excluding hydrogens is 300 g/mol. The third kappa shape index (κ3) is 3.58. The molecule has 0 bridgehead atoms. The highest BCUT2D eigenvalue weighted by atomic mass is 32.2. The molecule has 0 aromatic heterocycles. The average molecular weight is 322 g/mol. The Morgan fingerprint density at radius 1 is 1.29 bits per heavy atom. The predicted octanol–water partition coefficient (Wildman–Crippen LogP) is 2.98. The molecule has 1 atom stereocenters. The minimum Gasteiger partial charge on any atom is -0.322 e.